The molecule has 0 saturated heterocycles. The van der Waals surface area contributed by atoms with Gasteiger partial charge in [0.15, 0.2) is 0 Å². The second-order valence-corrected chi connectivity index (χ2v) is 5.74. The van der Waals surface area contributed by atoms with Crippen LogP contribution < -0.4 is 5.32 Å². The topological polar surface area (TPSA) is 12.0 Å². The predicted octanol–water partition coefficient (Wildman–Crippen LogP) is 4.99. The zero-order chi connectivity index (χ0) is 15.4. The van der Waals surface area contributed by atoms with Crippen molar-refractivity contribution < 1.29 is 4.39 Å². The standard InChI is InChI=1S/C18H21ClFN/c1-4-21-17(16-7-5-6-12(2)18(16)19)11-14-8-9-15(20)10-13(14)3/h5-10,17,21H,4,11H2,1-3H3. The average molecular weight is 306 g/mol. The number of benzene rings is 2. The molecule has 0 aliphatic heterocycles. The summed E-state index contributed by atoms with van der Waals surface area (Å²) >= 11 is 6.45. The second kappa shape index (κ2) is 7.06. The summed E-state index contributed by atoms with van der Waals surface area (Å²) in [6.07, 6.45) is 0.795. The van der Waals surface area contributed by atoms with Gasteiger partial charge >= 0.3 is 0 Å². The first kappa shape index (κ1) is 16.0. The minimum atomic E-state index is -0.190. The fraction of sp³-hybridized carbons (Fsp3) is 0.333. The van der Waals surface area contributed by atoms with Crippen LogP contribution in [0.1, 0.15) is 35.2 Å². The third-order valence-corrected chi connectivity index (χ3v) is 4.29. The maximum absolute atomic E-state index is 13.2. The van der Waals surface area contributed by atoms with Crippen LogP contribution in [0.15, 0.2) is 36.4 Å². The predicted molar refractivity (Wildman–Crippen MR) is 87.4 cm³/mol. The van der Waals surface area contributed by atoms with E-state index in [1.807, 2.05) is 32.0 Å². The zero-order valence-electron chi connectivity index (χ0n) is 12.7. The summed E-state index contributed by atoms with van der Waals surface area (Å²) in [5.74, 6) is -0.190. The van der Waals surface area contributed by atoms with Gasteiger partial charge in [-0.15, -0.1) is 0 Å². The van der Waals surface area contributed by atoms with Gasteiger partial charge in [-0.25, -0.2) is 4.39 Å². The number of nitrogens with one attached hydrogen (secondary N) is 1. The summed E-state index contributed by atoms with van der Waals surface area (Å²) in [6.45, 7) is 6.89. The molecule has 1 unspecified atom stereocenters. The van der Waals surface area contributed by atoms with Crippen molar-refractivity contribution in [3.05, 3.63) is 69.5 Å². The Balaban J connectivity index is 2.33. The minimum absolute atomic E-state index is 0.131. The van der Waals surface area contributed by atoms with E-state index in [4.69, 9.17) is 11.6 Å². The van der Waals surface area contributed by atoms with Crippen molar-refractivity contribution in [2.75, 3.05) is 6.54 Å². The first-order valence-electron chi connectivity index (χ1n) is 7.26. The molecule has 112 valence electrons. The maximum Gasteiger partial charge on any atom is 0.123 e. The molecule has 2 rings (SSSR count). The summed E-state index contributed by atoms with van der Waals surface area (Å²) in [5.41, 5.74) is 4.29. The van der Waals surface area contributed by atoms with Crippen molar-refractivity contribution in [3.8, 4) is 0 Å². The van der Waals surface area contributed by atoms with Crippen LogP contribution in [0.3, 0.4) is 0 Å². The van der Waals surface area contributed by atoms with Crippen LogP contribution in [0.5, 0.6) is 0 Å². The number of hydrogen-bond acceptors (Lipinski definition) is 1. The average Bonchev–Trinajstić information content (AvgIpc) is 2.44. The number of aryl methyl sites for hydroxylation is 2. The highest BCUT2D eigenvalue weighted by Gasteiger charge is 2.16. The highest BCUT2D eigenvalue weighted by molar-refractivity contribution is 6.32. The molecule has 1 N–H and O–H groups in total. The Bertz CT molecular complexity index is 625. The lowest BCUT2D eigenvalue weighted by Crippen LogP contribution is -2.23. The fourth-order valence-electron chi connectivity index (χ4n) is 2.59. The van der Waals surface area contributed by atoms with E-state index in [2.05, 4.69) is 18.3 Å². The molecule has 0 spiro atoms. The van der Waals surface area contributed by atoms with E-state index < -0.39 is 0 Å². The number of hydrogen-bond donors (Lipinski definition) is 1. The number of halogens is 2. The largest absolute Gasteiger partial charge is 0.310 e. The van der Waals surface area contributed by atoms with Crippen LogP contribution in [0, 0.1) is 19.7 Å². The quantitative estimate of drug-likeness (QED) is 0.820. The second-order valence-electron chi connectivity index (χ2n) is 5.36. The molecule has 1 nitrogen and oxygen atoms in total. The zero-order valence-corrected chi connectivity index (χ0v) is 13.5. The van der Waals surface area contributed by atoms with Gasteiger partial charge in [0.05, 0.1) is 0 Å². The Morgan fingerprint density at radius 1 is 1.14 bits per heavy atom. The fourth-order valence-corrected chi connectivity index (χ4v) is 2.84. The molecule has 1 atom stereocenters. The maximum atomic E-state index is 13.2. The highest BCUT2D eigenvalue weighted by Crippen LogP contribution is 2.29. The summed E-state index contributed by atoms with van der Waals surface area (Å²) in [4.78, 5) is 0. The molecule has 0 radical (unpaired) electrons. The van der Waals surface area contributed by atoms with Crippen molar-refractivity contribution in [3.63, 3.8) is 0 Å². The van der Waals surface area contributed by atoms with Crippen LogP contribution >= 0.6 is 11.6 Å². The van der Waals surface area contributed by atoms with Gasteiger partial charge in [-0.1, -0.05) is 42.8 Å². The first-order chi connectivity index (χ1) is 10.0. The van der Waals surface area contributed by atoms with Crippen molar-refractivity contribution in [1.82, 2.24) is 5.32 Å². The van der Waals surface area contributed by atoms with E-state index in [0.717, 1.165) is 40.2 Å². The molecule has 0 heterocycles. The molecule has 0 fully saturated rings. The Morgan fingerprint density at radius 3 is 2.57 bits per heavy atom. The summed E-state index contributed by atoms with van der Waals surface area (Å²) < 4.78 is 13.2. The van der Waals surface area contributed by atoms with Gasteiger partial charge in [0, 0.05) is 11.1 Å². The summed E-state index contributed by atoms with van der Waals surface area (Å²) in [6, 6.07) is 11.2. The van der Waals surface area contributed by atoms with E-state index in [0.29, 0.717) is 0 Å². The van der Waals surface area contributed by atoms with Crippen LogP contribution in [0.4, 0.5) is 4.39 Å². The molecule has 0 aromatic heterocycles. The van der Waals surface area contributed by atoms with Gasteiger partial charge in [0.1, 0.15) is 5.82 Å². The third-order valence-electron chi connectivity index (χ3n) is 3.78. The lowest BCUT2D eigenvalue weighted by atomic mass is 9.95. The van der Waals surface area contributed by atoms with E-state index >= 15 is 0 Å². The molecule has 2 aromatic rings. The van der Waals surface area contributed by atoms with E-state index in [9.17, 15) is 4.39 Å². The molecule has 0 amide bonds. The molecule has 2 aromatic carbocycles. The lowest BCUT2D eigenvalue weighted by Gasteiger charge is -2.21. The van der Waals surface area contributed by atoms with E-state index in [1.165, 1.54) is 6.07 Å². The van der Waals surface area contributed by atoms with Crippen LogP contribution in [0.25, 0.3) is 0 Å². The van der Waals surface area contributed by atoms with Gasteiger partial charge in [-0.05, 0) is 61.2 Å². The van der Waals surface area contributed by atoms with Crippen molar-refractivity contribution >= 4 is 11.6 Å². The molecule has 0 aliphatic carbocycles. The monoisotopic (exact) mass is 305 g/mol. The van der Waals surface area contributed by atoms with Gasteiger partial charge < -0.3 is 5.32 Å². The lowest BCUT2D eigenvalue weighted by molar-refractivity contribution is 0.547. The SMILES string of the molecule is CCNC(Cc1ccc(F)cc1C)c1cccc(C)c1Cl. The van der Waals surface area contributed by atoms with Crippen LogP contribution in [-0.2, 0) is 6.42 Å². The smallest absolute Gasteiger partial charge is 0.123 e. The molecular weight excluding hydrogens is 285 g/mol. The first-order valence-corrected chi connectivity index (χ1v) is 7.64. The van der Waals surface area contributed by atoms with Gasteiger partial charge in [-0.3, -0.25) is 0 Å². The molecule has 0 bridgehead atoms. The minimum Gasteiger partial charge on any atom is -0.310 e. The summed E-state index contributed by atoms with van der Waals surface area (Å²) in [7, 11) is 0. The summed E-state index contributed by atoms with van der Waals surface area (Å²) in [5, 5.41) is 4.29. The molecule has 21 heavy (non-hydrogen) atoms. The molecular formula is C18H21ClFN. The molecule has 0 saturated carbocycles. The Kier molecular flexibility index (Phi) is 5.38. The van der Waals surface area contributed by atoms with Gasteiger partial charge in [0.2, 0.25) is 0 Å². The van der Waals surface area contributed by atoms with E-state index in [-0.39, 0.29) is 11.9 Å². The van der Waals surface area contributed by atoms with Gasteiger partial charge in [0.25, 0.3) is 0 Å². The van der Waals surface area contributed by atoms with Crippen molar-refractivity contribution in [2.45, 2.75) is 33.2 Å². The number of rotatable bonds is 5. The Labute approximate surface area is 131 Å². The van der Waals surface area contributed by atoms with Crippen molar-refractivity contribution in [1.29, 1.82) is 0 Å². The molecule has 0 aliphatic rings. The Morgan fingerprint density at radius 2 is 1.90 bits per heavy atom. The van der Waals surface area contributed by atoms with Crippen LogP contribution in [-0.4, -0.2) is 6.54 Å². The highest BCUT2D eigenvalue weighted by atomic mass is 35.5. The van der Waals surface area contributed by atoms with Crippen LogP contribution in [0.2, 0.25) is 5.02 Å². The Hall–Kier alpha value is -1.38. The molecule has 3 heteroatoms. The van der Waals surface area contributed by atoms with Crippen molar-refractivity contribution in [2.24, 2.45) is 0 Å². The van der Waals surface area contributed by atoms with E-state index in [1.54, 1.807) is 6.07 Å². The third kappa shape index (κ3) is 3.84. The normalized spacial score (nSPS) is 12.4. The van der Waals surface area contributed by atoms with Gasteiger partial charge in [-0.2, -0.15) is 0 Å². The number of likely N-dealkylation sites (N-methyl/N-ethyl adjacent to an activating group) is 1.